The first-order valence-electron chi connectivity index (χ1n) is 13.4. The van der Waals surface area contributed by atoms with Crippen LogP contribution in [0.4, 0.5) is 0 Å². The van der Waals surface area contributed by atoms with Gasteiger partial charge in [-0.3, -0.25) is 4.79 Å². The summed E-state index contributed by atoms with van der Waals surface area (Å²) < 4.78 is 0. The Morgan fingerprint density at radius 3 is 2.42 bits per heavy atom. The molecule has 0 radical (unpaired) electrons. The van der Waals surface area contributed by atoms with Gasteiger partial charge >= 0.3 is 0 Å². The number of carbonyl (C=O) groups excluding carboxylic acids is 1. The highest BCUT2D eigenvalue weighted by Gasteiger charge is 2.53. The lowest BCUT2D eigenvalue weighted by Gasteiger charge is -2.56. The quantitative estimate of drug-likeness (QED) is 0.409. The minimum Gasteiger partial charge on any atom is -0.333 e. The Morgan fingerprint density at radius 2 is 1.69 bits per heavy atom. The number of amides is 1. The maximum absolute atomic E-state index is 13.9. The van der Waals surface area contributed by atoms with Gasteiger partial charge in [-0.15, -0.1) is 11.3 Å². The lowest BCUT2D eigenvalue weighted by Crippen LogP contribution is -2.61. The fourth-order valence-corrected chi connectivity index (χ4v) is 7.94. The van der Waals surface area contributed by atoms with Gasteiger partial charge in [-0.05, 0) is 98.3 Å². The van der Waals surface area contributed by atoms with E-state index in [1.807, 2.05) is 0 Å². The van der Waals surface area contributed by atoms with Gasteiger partial charge in [-0.1, -0.05) is 60.7 Å². The Hall–Kier alpha value is -2.69. The Bertz CT molecular complexity index is 1270. The van der Waals surface area contributed by atoms with Crippen molar-refractivity contribution in [2.45, 2.75) is 62.4 Å². The number of benzene rings is 2. The summed E-state index contributed by atoms with van der Waals surface area (Å²) in [6, 6.07) is 24.0. The molecule has 1 saturated carbocycles. The highest BCUT2D eigenvalue weighted by atomic mass is 32.1. The summed E-state index contributed by atoms with van der Waals surface area (Å²) in [4.78, 5) is 19.8. The summed E-state index contributed by atoms with van der Waals surface area (Å²) in [6.45, 7) is 0.838. The molecule has 2 aliphatic carbocycles. The van der Waals surface area contributed by atoms with Gasteiger partial charge < -0.3 is 9.80 Å². The first kappa shape index (κ1) is 23.7. The molecule has 1 fully saturated rings. The minimum atomic E-state index is -0.156. The van der Waals surface area contributed by atoms with Crippen LogP contribution in [0.1, 0.15) is 53.7 Å². The van der Waals surface area contributed by atoms with Crippen LogP contribution in [0, 0.1) is 0 Å². The number of thiophene rings is 1. The molecule has 1 aliphatic heterocycles. The summed E-state index contributed by atoms with van der Waals surface area (Å²) in [5, 5.41) is 2.08. The van der Waals surface area contributed by atoms with E-state index in [4.69, 9.17) is 0 Å². The minimum absolute atomic E-state index is 0.124. The van der Waals surface area contributed by atoms with Crippen LogP contribution >= 0.6 is 11.3 Å². The molecule has 0 bridgehead atoms. The van der Waals surface area contributed by atoms with Crippen LogP contribution in [0.15, 0.2) is 77.7 Å². The van der Waals surface area contributed by atoms with E-state index in [2.05, 4.69) is 96.0 Å². The Morgan fingerprint density at radius 1 is 0.944 bits per heavy atom. The molecule has 0 saturated heterocycles. The smallest absolute Gasteiger partial charge is 0.228 e. The van der Waals surface area contributed by atoms with Gasteiger partial charge in [0.05, 0.1) is 12.0 Å². The predicted molar refractivity (Wildman–Crippen MR) is 149 cm³/mol. The SMILES string of the molecule is CN(C)C1(Cc2ccccc2)CCC2(CC1)C1=C(CCN2C(=O)Cc2cccs2)c2ccccc2C1. The number of nitrogens with zero attached hydrogens (tertiary/aromatic N) is 2. The zero-order valence-corrected chi connectivity index (χ0v) is 22.3. The van der Waals surface area contributed by atoms with Crippen molar-refractivity contribution in [3.8, 4) is 0 Å². The zero-order chi connectivity index (χ0) is 24.8. The maximum atomic E-state index is 13.9. The maximum Gasteiger partial charge on any atom is 0.228 e. The third-order valence-electron chi connectivity index (χ3n) is 9.28. The van der Waals surface area contributed by atoms with E-state index in [1.165, 1.54) is 27.1 Å². The van der Waals surface area contributed by atoms with Gasteiger partial charge in [0, 0.05) is 17.0 Å². The van der Waals surface area contributed by atoms with Gasteiger partial charge in [0.15, 0.2) is 0 Å². The second-order valence-corrected chi connectivity index (χ2v) is 12.2. The number of hydrogen-bond acceptors (Lipinski definition) is 3. The summed E-state index contributed by atoms with van der Waals surface area (Å²) in [7, 11) is 4.50. The molecule has 0 atom stereocenters. The third kappa shape index (κ3) is 3.95. The first-order valence-corrected chi connectivity index (χ1v) is 14.2. The molecule has 6 rings (SSSR count). The Balaban J connectivity index is 1.35. The van der Waals surface area contributed by atoms with Crippen LogP contribution in [0.5, 0.6) is 0 Å². The average molecular weight is 497 g/mol. The van der Waals surface area contributed by atoms with Crippen molar-refractivity contribution in [2.75, 3.05) is 20.6 Å². The zero-order valence-electron chi connectivity index (χ0n) is 21.5. The number of likely N-dealkylation sites (N-methyl/N-ethyl adjacent to an activating group) is 1. The van der Waals surface area contributed by atoms with E-state index in [9.17, 15) is 4.79 Å². The Kier molecular flexibility index (Phi) is 6.13. The van der Waals surface area contributed by atoms with Crippen molar-refractivity contribution in [1.29, 1.82) is 0 Å². The largest absolute Gasteiger partial charge is 0.333 e. The average Bonchev–Trinajstić information content (AvgIpc) is 3.54. The summed E-state index contributed by atoms with van der Waals surface area (Å²) in [5.41, 5.74) is 7.34. The first-order chi connectivity index (χ1) is 17.5. The van der Waals surface area contributed by atoms with Gasteiger partial charge in [0.2, 0.25) is 5.91 Å². The molecule has 3 aromatic rings. The fourth-order valence-electron chi connectivity index (χ4n) is 7.24. The van der Waals surface area contributed by atoms with E-state index in [-0.39, 0.29) is 11.1 Å². The molecule has 36 heavy (non-hydrogen) atoms. The van der Waals surface area contributed by atoms with E-state index in [1.54, 1.807) is 16.9 Å². The van der Waals surface area contributed by atoms with Gasteiger partial charge in [-0.2, -0.15) is 0 Å². The second-order valence-electron chi connectivity index (χ2n) is 11.2. The van der Waals surface area contributed by atoms with Crippen LogP contribution in [0.25, 0.3) is 5.57 Å². The monoisotopic (exact) mass is 496 g/mol. The summed E-state index contributed by atoms with van der Waals surface area (Å²) in [6.07, 6.45) is 7.86. The van der Waals surface area contributed by atoms with Gasteiger partial charge in [-0.25, -0.2) is 0 Å². The molecule has 1 amide bonds. The molecular formula is C32H36N2OS. The number of carbonyl (C=O) groups is 1. The van der Waals surface area contributed by atoms with Crippen molar-refractivity contribution in [3.63, 3.8) is 0 Å². The van der Waals surface area contributed by atoms with E-state index < -0.39 is 0 Å². The van der Waals surface area contributed by atoms with Crippen molar-refractivity contribution >= 4 is 22.8 Å². The molecule has 4 heteroatoms. The second kappa shape index (κ2) is 9.32. The van der Waals surface area contributed by atoms with E-state index >= 15 is 0 Å². The molecule has 1 spiro atoms. The Labute approximate surface area is 219 Å². The standard InChI is InChI=1S/C32H36N2OS/c1-33(2)31(23-24-9-4-3-5-10-24)15-17-32(18-16-31)29-21-25-11-6-7-13-27(25)28(29)14-19-34(32)30(35)22-26-12-8-20-36-26/h3-13,20H,14-19,21-23H2,1-2H3. The number of fused-ring (bicyclic) bond motifs is 3. The van der Waals surface area contributed by atoms with Gasteiger partial charge in [0.25, 0.3) is 0 Å². The van der Waals surface area contributed by atoms with Crippen LogP contribution in [0.2, 0.25) is 0 Å². The van der Waals surface area contributed by atoms with Crippen molar-refractivity contribution in [3.05, 3.63) is 99.3 Å². The van der Waals surface area contributed by atoms with Crippen molar-refractivity contribution < 1.29 is 4.79 Å². The normalized spacial score (nSPS) is 25.4. The summed E-state index contributed by atoms with van der Waals surface area (Å²) >= 11 is 1.70. The van der Waals surface area contributed by atoms with E-state index in [0.717, 1.165) is 51.5 Å². The molecule has 0 N–H and O–H groups in total. The highest BCUT2D eigenvalue weighted by Crippen LogP contribution is 2.54. The number of hydrogen-bond donors (Lipinski definition) is 0. The lowest BCUT2D eigenvalue weighted by atomic mass is 9.64. The third-order valence-corrected chi connectivity index (χ3v) is 10.2. The van der Waals surface area contributed by atoms with Crippen molar-refractivity contribution in [1.82, 2.24) is 9.80 Å². The number of rotatable bonds is 5. The van der Waals surface area contributed by atoms with Crippen LogP contribution in [-0.4, -0.2) is 47.4 Å². The van der Waals surface area contributed by atoms with E-state index in [0.29, 0.717) is 12.3 Å². The van der Waals surface area contributed by atoms with Crippen molar-refractivity contribution in [2.24, 2.45) is 0 Å². The lowest BCUT2D eigenvalue weighted by molar-refractivity contribution is -0.138. The topological polar surface area (TPSA) is 23.6 Å². The molecule has 0 unspecified atom stereocenters. The molecule has 3 nitrogen and oxygen atoms in total. The van der Waals surface area contributed by atoms with Gasteiger partial charge in [0.1, 0.15) is 0 Å². The van der Waals surface area contributed by atoms with Crippen LogP contribution in [0.3, 0.4) is 0 Å². The molecule has 1 aromatic heterocycles. The summed E-state index contributed by atoms with van der Waals surface area (Å²) in [5.74, 6) is 0.306. The van der Waals surface area contributed by atoms with Crippen LogP contribution in [-0.2, 0) is 24.1 Å². The fraction of sp³-hybridized carbons (Fsp3) is 0.406. The highest BCUT2D eigenvalue weighted by molar-refractivity contribution is 7.10. The molecule has 2 aromatic carbocycles. The predicted octanol–water partition coefficient (Wildman–Crippen LogP) is 6.39. The molecule has 3 aliphatic rings. The van der Waals surface area contributed by atoms with Crippen LogP contribution < -0.4 is 0 Å². The molecule has 2 heterocycles. The molecular weight excluding hydrogens is 460 g/mol. The molecule has 186 valence electrons.